The van der Waals surface area contributed by atoms with Gasteiger partial charge in [-0.15, -0.1) is 0 Å². The summed E-state index contributed by atoms with van der Waals surface area (Å²) in [5.74, 6) is 0.486. The smallest absolute Gasteiger partial charge is 0.00700 e. The van der Waals surface area contributed by atoms with Crippen molar-refractivity contribution in [3.8, 4) is 0 Å². The Hall–Kier alpha value is -2.60. The summed E-state index contributed by atoms with van der Waals surface area (Å²) in [5, 5.41) is 0. The van der Waals surface area contributed by atoms with Crippen molar-refractivity contribution in [3.05, 3.63) is 106 Å². The molecule has 29 heavy (non-hydrogen) atoms. The number of aryl methyl sites for hydroxylation is 3. The lowest BCUT2D eigenvalue weighted by Crippen LogP contribution is -2.14. The Morgan fingerprint density at radius 2 is 1.72 bits per heavy atom. The molecule has 0 nitrogen and oxygen atoms in total. The lowest BCUT2D eigenvalue weighted by molar-refractivity contribution is 0.813. The molecular weight excluding hydrogens is 348 g/mol. The van der Waals surface area contributed by atoms with Crippen LogP contribution in [0.1, 0.15) is 71.9 Å². The number of rotatable bonds is 4. The van der Waals surface area contributed by atoms with Gasteiger partial charge in [-0.3, -0.25) is 0 Å². The van der Waals surface area contributed by atoms with Crippen LogP contribution in [0.25, 0.3) is 11.6 Å². The van der Waals surface area contributed by atoms with Crippen molar-refractivity contribution in [2.45, 2.75) is 57.8 Å². The Morgan fingerprint density at radius 1 is 0.931 bits per heavy atom. The van der Waals surface area contributed by atoms with Crippen LogP contribution >= 0.6 is 0 Å². The van der Waals surface area contributed by atoms with E-state index < -0.39 is 0 Å². The SMILES string of the molecule is C=C1C2=CCCC=C2C(C)c2ccc(CCCc3ccc4c(c3)C=CCC4)cc21. The second-order valence-electron chi connectivity index (χ2n) is 8.80. The molecule has 0 heterocycles. The van der Waals surface area contributed by atoms with Gasteiger partial charge >= 0.3 is 0 Å². The van der Waals surface area contributed by atoms with Crippen LogP contribution in [0.5, 0.6) is 0 Å². The van der Waals surface area contributed by atoms with E-state index in [2.05, 4.69) is 74.2 Å². The molecule has 0 aliphatic heterocycles. The number of hydrogen-bond acceptors (Lipinski definition) is 0. The highest BCUT2D eigenvalue weighted by Crippen LogP contribution is 2.46. The maximum atomic E-state index is 4.47. The van der Waals surface area contributed by atoms with Crippen LogP contribution in [-0.4, -0.2) is 0 Å². The molecule has 0 spiro atoms. The number of hydrogen-bond donors (Lipinski definition) is 0. The molecule has 1 unspecified atom stereocenters. The zero-order valence-electron chi connectivity index (χ0n) is 17.5. The number of allylic oxidation sites excluding steroid dienone is 6. The molecule has 0 saturated heterocycles. The molecule has 0 saturated carbocycles. The Bertz CT molecular complexity index is 1060. The minimum absolute atomic E-state index is 0.486. The summed E-state index contributed by atoms with van der Waals surface area (Å²) in [4.78, 5) is 0. The molecule has 2 aromatic rings. The van der Waals surface area contributed by atoms with Gasteiger partial charge in [-0.25, -0.2) is 0 Å². The van der Waals surface area contributed by atoms with E-state index in [0.29, 0.717) is 5.92 Å². The second-order valence-corrected chi connectivity index (χ2v) is 8.80. The maximum Gasteiger partial charge on any atom is 0.00700 e. The van der Waals surface area contributed by atoms with Gasteiger partial charge in [0.15, 0.2) is 0 Å². The lowest BCUT2D eigenvalue weighted by atomic mass is 9.72. The molecule has 0 radical (unpaired) electrons. The Labute approximate surface area is 175 Å². The van der Waals surface area contributed by atoms with E-state index in [-0.39, 0.29) is 0 Å². The van der Waals surface area contributed by atoms with Crippen LogP contribution < -0.4 is 0 Å². The molecule has 0 fully saturated rings. The van der Waals surface area contributed by atoms with E-state index in [4.69, 9.17) is 0 Å². The van der Waals surface area contributed by atoms with Crippen molar-refractivity contribution in [2.24, 2.45) is 0 Å². The molecule has 0 aromatic heterocycles. The zero-order chi connectivity index (χ0) is 19.8. The van der Waals surface area contributed by atoms with E-state index in [0.717, 1.165) is 19.3 Å². The highest BCUT2D eigenvalue weighted by Gasteiger charge is 2.28. The Morgan fingerprint density at radius 3 is 2.62 bits per heavy atom. The van der Waals surface area contributed by atoms with Gasteiger partial charge in [0.2, 0.25) is 0 Å². The molecule has 1 atom stereocenters. The quantitative estimate of drug-likeness (QED) is 0.514. The zero-order valence-corrected chi connectivity index (χ0v) is 17.5. The number of fused-ring (bicyclic) bond motifs is 3. The third kappa shape index (κ3) is 3.46. The molecule has 3 aliphatic rings. The third-order valence-electron chi connectivity index (χ3n) is 6.91. The van der Waals surface area contributed by atoms with Crippen molar-refractivity contribution < 1.29 is 0 Å². The standard InChI is InChI=1S/C29H30/c1-20-26-12-5-6-13-27(26)21(2)29-19-23(15-17-28(20)29)9-7-8-22-14-16-24-10-3-4-11-25(24)18-22/h4,11-20H,2-3,5-10H2,1H3. The molecule has 0 bridgehead atoms. The van der Waals surface area contributed by atoms with Crippen molar-refractivity contribution in [2.75, 3.05) is 0 Å². The largest absolute Gasteiger partial charge is 0.0905 e. The summed E-state index contributed by atoms with van der Waals surface area (Å²) in [5.41, 5.74) is 12.8. The fraction of sp³-hybridized carbons (Fsp3) is 0.310. The van der Waals surface area contributed by atoms with Gasteiger partial charge in [-0.05, 0) is 95.0 Å². The van der Waals surface area contributed by atoms with Gasteiger partial charge < -0.3 is 0 Å². The second kappa shape index (κ2) is 7.67. The van der Waals surface area contributed by atoms with Crippen molar-refractivity contribution in [1.29, 1.82) is 0 Å². The van der Waals surface area contributed by atoms with Crippen LogP contribution in [-0.2, 0) is 19.3 Å². The van der Waals surface area contributed by atoms with Crippen molar-refractivity contribution in [3.63, 3.8) is 0 Å². The van der Waals surface area contributed by atoms with E-state index in [1.807, 2.05) is 0 Å². The van der Waals surface area contributed by atoms with Crippen LogP contribution in [0.4, 0.5) is 0 Å². The first-order valence-electron chi connectivity index (χ1n) is 11.2. The predicted molar refractivity (Wildman–Crippen MR) is 125 cm³/mol. The summed E-state index contributed by atoms with van der Waals surface area (Å²) in [6, 6.07) is 14.2. The molecular formula is C29H30. The van der Waals surface area contributed by atoms with Gasteiger partial charge in [0, 0.05) is 5.92 Å². The highest BCUT2D eigenvalue weighted by atomic mass is 14.3. The van der Waals surface area contributed by atoms with Crippen LogP contribution in [0, 0.1) is 0 Å². The molecule has 146 valence electrons. The van der Waals surface area contributed by atoms with E-state index in [9.17, 15) is 0 Å². The van der Waals surface area contributed by atoms with Gasteiger partial charge in [-0.1, -0.05) is 74.2 Å². The first kappa shape index (κ1) is 18.4. The van der Waals surface area contributed by atoms with Crippen LogP contribution in [0.15, 0.2) is 72.4 Å². The minimum Gasteiger partial charge on any atom is -0.0905 e. The topological polar surface area (TPSA) is 0 Å². The highest BCUT2D eigenvalue weighted by molar-refractivity contribution is 5.88. The summed E-state index contributed by atoms with van der Waals surface area (Å²) < 4.78 is 0. The predicted octanol–water partition coefficient (Wildman–Crippen LogP) is 7.60. The summed E-state index contributed by atoms with van der Waals surface area (Å²) in [7, 11) is 0. The molecule has 0 heteroatoms. The monoisotopic (exact) mass is 378 g/mol. The first-order chi connectivity index (χ1) is 14.2. The summed E-state index contributed by atoms with van der Waals surface area (Å²) in [6.07, 6.45) is 17.6. The summed E-state index contributed by atoms with van der Waals surface area (Å²) in [6.45, 7) is 6.82. The van der Waals surface area contributed by atoms with Gasteiger partial charge in [-0.2, -0.15) is 0 Å². The minimum atomic E-state index is 0.486. The van der Waals surface area contributed by atoms with Gasteiger partial charge in [0.05, 0.1) is 0 Å². The molecule has 2 aromatic carbocycles. The van der Waals surface area contributed by atoms with E-state index >= 15 is 0 Å². The third-order valence-corrected chi connectivity index (χ3v) is 6.91. The van der Waals surface area contributed by atoms with E-state index in [1.54, 1.807) is 0 Å². The van der Waals surface area contributed by atoms with Crippen LogP contribution in [0.2, 0.25) is 0 Å². The number of benzene rings is 2. The fourth-order valence-corrected chi connectivity index (χ4v) is 5.24. The van der Waals surface area contributed by atoms with E-state index in [1.165, 1.54) is 75.8 Å². The average molecular weight is 379 g/mol. The normalized spacial score (nSPS) is 19.8. The Balaban J connectivity index is 1.31. The molecule has 0 N–H and O–H groups in total. The van der Waals surface area contributed by atoms with Gasteiger partial charge in [0.1, 0.15) is 0 Å². The average Bonchev–Trinajstić information content (AvgIpc) is 2.77. The van der Waals surface area contributed by atoms with Crippen LogP contribution in [0.3, 0.4) is 0 Å². The molecule has 5 rings (SSSR count). The Kier molecular flexibility index (Phi) is 4.87. The maximum absolute atomic E-state index is 4.47. The lowest BCUT2D eigenvalue weighted by Gasteiger charge is -2.32. The summed E-state index contributed by atoms with van der Waals surface area (Å²) >= 11 is 0. The molecule has 3 aliphatic carbocycles. The van der Waals surface area contributed by atoms with Crippen molar-refractivity contribution >= 4 is 11.6 Å². The van der Waals surface area contributed by atoms with Crippen molar-refractivity contribution in [1.82, 2.24) is 0 Å². The molecule has 0 amide bonds. The van der Waals surface area contributed by atoms with Gasteiger partial charge in [0.25, 0.3) is 0 Å². The fourth-order valence-electron chi connectivity index (χ4n) is 5.24. The first-order valence-corrected chi connectivity index (χ1v) is 11.2.